The van der Waals surface area contributed by atoms with E-state index in [1.54, 1.807) is 0 Å². The third-order valence-electron chi connectivity index (χ3n) is 3.63. The van der Waals surface area contributed by atoms with Gasteiger partial charge in [-0.1, -0.05) is 0 Å². The Hall–Kier alpha value is -4.62. The third-order valence-corrected chi connectivity index (χ3v) is 3.63. The maximum absolute atomic E-state index is 11.9. The highest BCUT2D eigenvalue weighted by molar-refractivity contribution is 6.35. The molecule has 2 amide bonds. The molecular formula is C16H16N6O8. The molecule has 0 atom stereocenters. The van der Waals surface area contributed by atoms with Crippen LogP contribution in [0.1, 0.15) is 0 Å². The van der Waals surface area contributed by atoms with Gasteiger partial charge in [0.05, 0.1) is 36.2 Å². The second kappa shape index (κ2) is 9.54. The summed E-state index contributed by atoms with van der Waals surface area (Å²) in [6.07, 6.45) is 0. The van der Waals surface area contributed by atoms with E-state index in [9.17, 15) is 29.8 Å². The topological polar surface area (TPSA) is 187 Å². The predicted octanol–water partition coefficient (Wildman–Crippen LogP) is 1.11. The monoisotopic (exact) mass is 420 g/mol. The van der Waals surface area contributed by atoms with Crippen LogP contribution in [-0.4, -0.2) is 35.9 Å². The SMILES string of the molecule is COc1ccc(NNC(=O)C(=O)NNc2ccc(OC)cc2[N+](=O)[O-])c([N+](=O)[O-])c1. The minimum atomic E-state index is -1.22. The van der Waals surface area contributed by atoms with Crippen LogP contribution in [0.3, 0.4) is 0 Å². The number of nitrogens with zero attached hydrogens (tertiary/aromatic N) is 2. The van der Waals surface area contributed by atoms with Crippen LogP contribution in [0, 0.1) is 20.2 Å². The summed E-state index contributed by atoms with van der Waals surface area (Å²) in [6.45, 7) is 0. The number of anilines is 2. The van der Waals surface area contributed by atoms with Crippen molar-refractivity contribution in [2.24, 2.45) is 0 Å². The molecule has 2 aromatic carbocycles. The van der Waals surface area contributed by atoms with Crippen LogP contribution in [0.2, 0.25) is 0 Å². The molecule has 0 aliphatic rings. The van der Waals surface area contributed by atoms with Crippen molar-refractivity contribution in [3.8, 4) is 11.5 Å². The van der Waals surface area contributed by atoms with Gasteiger partial charge in [0.25, 0.3) is 11.4 Å². The van der Waals surface area contributed by atoms with E-state index in [1.165, 1.54) is 38.5 Å². The molecule has 0 saturated heterocycles. The second-order valence-corrected chi connectivity index (χ2v) is 5.44. The summed E-state index contributed by atoms with van der Waals surface area (Å²) in [5.74, 6) is -1.99. The van der Waals surface area contributed by atoms with Crippen molar-refractivity contribution in [3.05, 3.63) is 56.6 Å². The summed E-state index contributed by atoms with van der Waals surface area (Å²) in [6, 6.07) is 7.61. The number of nitro benzene ring substituents is 2. The lowest BCUT2D eigenvalue weighted by Gasteiger charge is -2.11. The summed E-state index contributed by atoms with van der Waals surface area (Å²) in [5.41, 5.74) is 7.49. The normalized spacial score (nSPS) is 9.80. The van der Waals surface area contributed by atoms with Crippen LogP contribution >= 0.6 is 0 Å². The summed E-state index contributed by atoms with van der Waals surface area (Å²) in [7, 11) is 2.66. The van der Waals surface area contributed by atoms with E-state index in [2.05, 4.69) is 10.9 Å². The van der Waals surface area contributed by atoms with Gasteiger partial charge in [-0.25, -0.2) is 0 Å². The number of hydrogen-bond donors (Lipinski definition) is 4. The van der Waals surface area contributed by atoms with Crippen molar-refractivity contribution in [3.63, 3.8) is 0 Å². The molecular weight excluding hydrogens is 404 g/mol. The lowest BCUT2D eigenvalue weighted by Crippen LogP contribution is -2.44. The highest BCUT2D eigenvalue weighted by Gasteiger charge is 2.20. The Morgan fingerprint density at radius 1 is 0.767 bits per heavy atom. The van der Waals surface area contributed by atoms with E-state index in [4.69, 9.17) is 9.47 Å². The summed E-state index contributed by atoms with van der Waals surface area (Å²) in [4.78, 5) is 44.6. The van der Waals surface area contributed by atoms with E-state index in [1.807, 2.05) is 10.9 Å². The van der Waals surface area contributed by atoms with E-state index in [-0.39, 0.29) is 22.9 Å². The Bertz CT molecular complexity index is 916. The zero-order valence-electron chi connectivity index (χ0n) is 15.6. The molecule has 0 unspecified atom stereocenters. The van der Waals surface area contributed by atoms with Crippen molar-refractivity contribution in [2.45, 2.75) is 0 Å². The Morgan fingerprint density at radius 2 is 1.13 bits per heavy atom. The average molecular weight is 420 g/mol. The molecule has 0 spiro atoms. The Labute approximate surface area is 168 Å². The van der Waals surface area contributed by atoms with Gasteiger partial charge in [0.2, 0.25) is 0 Å². The lowest BCUT2D eigenvalue weighted by atomic mass is 10.2. The van der Waals surface area contributed by atoms with Gasteiger partial charge in [0, 0.05) is 0 Å². The third kappa shape index (κ3) is 5.22. The summed E-state index contributed by atoms with van der Waals surface area (Å²) in [5, 5.41) is 22.2. The average Bonchev–Trinajstić information content (AvgIpc) is 2.75. The van der Waals surface area contributed by atoms with Gasteiger partial charge in [-0.3, -0.25) is 51.5 Å². The number of nitrogens with one attached hydrogen (secondary N) is 4. The molecule has 4 N–H and O–H groups in total. The molecule has 0 fully saturated rings. The second-order valence-electron chi connectivity index (χ2n) is 5.44. The number of carbonyl (C=O) groups is 2. The summed E-state index contributed by atoms with van der Waals surface area (Å²) < 4.78 is 9.78. The molecule has 0 aromatic heterocycles. The zero-order chi connectivity index (χ0) is 22.3. The molecule has 0 aliphatic carbocycles. The first-order chi connectivity index (χ1) is 14.3. The molecule has 2 rings (SSSR count). The van der Waals surface area contributed by atoms with E-state index in [0.717, 1.165) is 12.1 Å². The highest BCUT2D eigenvalue weighted by Crippen LogP contribution is 2.29. The van der Waals surface area contributed by atoms with Gasteiger partial charge in [0.15, 0.2) is 0 Å². The highest BCUT2D eigenvalue weighted by atomic mass is 16.6. The number of methoxy groups -OCH3 is 2. The number of nitro groups is 2. The maximum atomic E-state index is 11.9. The molecule has 0 radical (unpaired) electrons. The number of amides is 2. The number of hydrogen-bond acceptors (Lipinski definition) is 10. The zero-order valence-corrected chi connectivity index (χ0v) is 15.6. The number of rotatable bonds is 8. The first-order valence-corrected chi connectivity index (χ1v) is 8.04. The predicted molar refractivity (Wildman–Crippen MR) is 103 cm³/mol. The van der Waals surface area contributed by atoms with Gasteiger partial charge in [-0.15, -0.1) is 0 Å². The van der Waals surface area contributed by atoms with Crippen LogP contribution < -0.4 is 31.2 Å². The molecule has 0 heterocycles. The lowest BCUT2D eigenvalue weighted by molar-refractivity contribution is -0.384. The molecule has 0 saturated carbocycles. The number of ether oxygens (including phenoxy) is 2. The minimum Gasteiger partial charge on any atom is -0.496 e. The summed E-state index contributed by atoms with van der Waals surface area (Å²) >= 11 is 0. The fourth-order valence-corrected chi connectivity index (χ4v) is 2.15. The number of carbonyl (C=O) groups excluding carboxylic acids is 2. The fraction of sp³-hybridized carbons (Fsp3) is 0.125. The smallest absolute Gasteiger partial charge is 0.329 e. The van der Waals surface area contributed by atoms with Crippen molar-refractivity contribution in [2.75, 3.05) is 25.1 Å². The Kier molecular flexibility index (Phi) is 6.89. The molecule has 2 aromatic rings. The Morgan fingerprint density at radius 3 is 1.43 bits per heavy atom. The largest absolute Gasteiger partial charge is 0.496 e. The van der Waals surface area contributed by atoms with Crippen molar-refractivity contribution in [1.82, 2.24) is 10.9 Å². The van der Waals surface area contributed by atoms with Crippen LogP contribution in [0.15, 0.2) is 36.4 Å². The van der Waals surface area contributed by atoms with Crippen molar-refractivity contribution in [1.29, 1.82) is 0 Å². The standard InChI is InChI=1S/C16H16N6O8/c1-29-9-3-5-11(13(7-9)21(25)26)17-19-15(23)16(24)20-18-12-6-4-10(30-2)8-14(12)22(27)28/h3-8,17-18H,1-2H3,(H,19,23)(H,20,24). The van der Waals surface area contributed by atoms with Gasteiger partial charge in [0.1, 0.15) is 22.9 Å². The van der Waals surface area contributed by atoms with E-state index in [0.29, 0.717) is 0 Å². The first kappa shape index (κ1) is 21.7. The molecule has 0 aliphatic heterocycles. The Balaban J connectivity index is 2.01. The van der Waals surface area contributed by atoms with Gasteiger partial charge in [-0.05, 0) is 24.3 Å². The molecule has 158 valence electrons. The fourth-order valence-electron chi connectivity index (χ4n) is 2.15. The maximum Gasteiger partial charge on any atom is 0.329 e. The minimum absolute atomic E-state index is 0.0966. The molecule has 14 heteroatoms. The van der Waals surface area contributed by atoms with Crippen LogP contribution in [0.5, 0.6) is 11.5 Å². The number of hydrazine groups is 2. The van der Waals surface area contributed by atoms with E-state index < -0.39 is 33.0 Å². The van der Waals surface area contributed by atoms with Crippen LogP contribution in [-0.2, 0) is 9.59 Å². The quantitative estimate of drug-likeness (QED) is 0.274. The van der Waals surface area contributed by atoms with Gasteiger partial charge >= 0.3 is 11.8 Å². The van der Waals surface area contributed by atoms with Gasteiger partial charge < -0.3 is 9.47 Å². The molecule has 0 bridgehead atoms. The van der Waals surface area contributed by atoms with E-state index >= 15 is 0 Å². The van der Waals surface area contributed by atoms with Crippen molar-refractivity contribution >= 4 is 34.6 Å². The van der Waals surface area contributed by atoms with Crippen LogP contribution in [0.4, 0.5) is 22.7 Å². The van der Waals surface area contributed by atoms with Gasteiger partial charge in [-0.2, -0.15) is 0 Å². The van der Waals surface area contributed by atoms with Crippen molar-refractivity contribution < 1.29 is 28.9 Å². The van der Waals surface area contributed by atoms with Crippen LogP contribution in [0.25, 0.3) is 0 Å². The first-order valence-electron chi connectivity index (χ1n) is 8.04. The molecule has 30 heavy (non-hydrogen) atoms. The number of benzene rings is 2. The molecule has 14 nitrogen and oxygen atoms in total.